The lowest BCUT2D eigenvalue weighted by Gasteiger charge is -1.90. The van der Waals surface area contributed by atoms with Crippen LogP contribution in [0.15, 0.2) is 40.9 Å². The van der Waals surface area contributed by atoms with Crippen molar-refractivity contribution in [2.45, 2.75) is 0 Å². The second-order valence-electron chi connectivity index (χ2n) is 3.46. The standard InChI is InChI=1S/C11H8BNO/c12-7-5-9-8-3-1-2-4-10(8)14-11(9)13-6-7/h1-6H,12H2. The smallest absolute Gasteiger partial charge is 0.227 e. The van der Waals surface area contributed by atoms with Crippen molar-refractivity contribution >= 4 is 35.4 Å². The fraction of sp³-hybridized carbons (Fsp3) is 0. The number of pyridine rings is 1. The number of hydrogen-bond donors (Lipinski definition) is 0. The molecule has 0 saturated carbocycles. The zero-order chi connectivity index (χ0) is 9.54. The molecule has 0 radical (unpaired) electrons. The third kappa shape index (κ3) is 0.955. The predicted octanol–water partition coefficient (Wildman–Crippen LogP) is 1.24. The van der Waals surface area contributed by atoms with Crippen LogP contribution < -0.4 is 5.46 Å². The van der Waals surface area contributed by atoms with Gasteiger partial charge in [-0.15, -0.1) is 0 Å². The average molecular weight is 181 g/mol. The highest BCUT2D eigenvalue weighted by Crippen LogP contribution is 2.25. The second-order valence-corrected chi connectivity index (χ2v) is 3.46. The van der Waals surface area contributed by atoms with Crippen LogP contribution in [0, 0.1) is 0 Å². The van der Waals surface area contributed by atoms with Crippen molar-refractivity contribution in [1.29, 1.82) is 0 Å². The second kappa shape index (κ2) is 2.61. The monoisotopic (exact) mass is 181 g/mol. The van der Waals surface area contributed by atoms with E-state index in [1.165, 1.54) is 0 Å². The van der Waals surface area contributed by atoms with Crippen LogP contribution in [0.25, 0.3) is 22.1 Å². The van der Waals surface area contributed by atoms with Crippen LogP contribution in [-0.4, -0.2) is 12.8 Å². The largest absolute Gasteiger partial charge is 0.438 e. The number of rotatable bonds is 0. The van der Waals surface area contributed by atoms with Crippen molar-refractivity contribution in [2.24, 2.45) is 0 Å². The summed E-state index contributed by atoms with van der Waals surface area (Å²) in [4.78, 5) is 4.25. The van der Waals surface area contributed by atoms with E-state index in [1.807, 2.05) is 32.2 Å². The maximum absolute atomic E-state index is 5.60. The molecule has 0 atom stereocenters. The van der Waals surface area contributed by atoms with E-state index in [0.29, 0.717) is 0 Å². The Bertz CT molecular complexity index is 615. The normalized spacial score (nSPS) is 11.1. The van der Waals surface area contributed by atoms with Gasteiger partial charge in [-0.1, -0.05) is 29.7 Å². The zero-order valence-electron chi connectivity index (χ0n) is 7.82. The molecule has 0 bridgehead atoms. The Hall–Kier alpha value is -1.77. The Kier molecular flexibility index (Phi) is 1.42. The first kappa shape index (κ1) is 7.62. The summed E-state index contributed by atoms with van der Waals surface area (Å²) >= 11 is 0. The molecule has 3 rings (SSSR count). The Morgan fingerprint density at radius 1 is 1.14 bits per heavy atom. The maximum atomic E-state index is 5.60. The molecule has 0 fully saturated rings. The van der Waals surface area contributed by atoms with E-state index in [1.54, 1.807) is 0 Å². The van der Waals surface area contributed by atoms with E-state index in [9.17, 15) is 0 Å². The number of benzene rings is 1. The minimum atomic E-state index is 0.719. The minimum absolute atomic E-state index is 0.719. The first-order valence-electron chi connectivity index (χ1n) is 4.58. The van der Waals surface area contributed by atoms with Crippen molar-refractivity contribution in [3.63, 3.8) is 0 Å². The molecule has 0 N–H and O–H groups in total. The van der Waals surface area contributed by atoms with Gasteiger partial charge in [0.1, 0.15) is 13.4 Å². The first-order valence-corrected chi connectivity index (χ1v) is 4.58. The van der Waals surface area contributed by atoms with E-state index in [4.69, 9.17) is 4.42 Å². The van der Waals surface area contributed by atoms with Gasteiger partial charge in [0.05, 0.1) is 0 Å². The van der Waals surface area contributed by atoms with E-state index < -0.39 is 0 Å². The lowest BCUT2D eigenvalue weighted by atomic mass is 9.97. The number of nitrogens with zero attached hydrogens (tertiary/aromatic N) is 1. The molecule has 2 heterocycles. The molecule has 0 unspecified atom stereocenters. The number of hydrogen-bond acceptors (Lipinski definition) is 2. The fourth-order valence-electron chi connectivity index (χ4n) is 1.71. The van der Waals surface area contributed by atoms with Gasteiger partial charge in [-0.25, -0.2) is 4.98 Å². The molecule has 0 saturated heterocycles. The number of furan rings is 1. The molecule has 3 heteroatoms. The van der Waals surface area contributed by atoms with Crippen LogP contribution in [0.4, 0.5) is 0 Å². The maximum Gasteiger partial charge on any atom is 0.227 e. The number of fused-ring (bicyclic) bond motifs is 3. The molecule has 0 aliphatic carbocycles. The van der Waals surface area contributed by atoms with Crippen molar-refractivity contribution < 1.29 is 4.42 Å². The third-order valence-electron chi connectivity index (χ3n) is 2.37. The summed E-state index contributed by atoms with van der Waals surface area (Å²) < 4.78 is 5.60. The molecule has 1 aromatic carbocycles. The fourth-order valence-corrected chi connectivity index (χ4v) is 1.71. The molecule has 2 nitrogen and oxygen atoms in total. The minimum Gasteiger partial charge on any atom is -0.438 e. The molecular weight excluding hydrogens is 173 g/mol. The van der Waals surface area contributed by atoms with Crippen LogP contribution in [0.1, 0.15) is 0 Å². The SMILES string of the molecule is Bc1cnc2oc3ccccc3c2c1. The molecule has 0 amide bonds. The lowest BCUT2D eigenvalue weighted by molar-refractivity contribution is 0.654. The predicted molar refractivity (Wildman–Crippen MR) is 59.7 cm³/mol. The average Bonchev–Trinajstić information content (AvgIpc) is 2.56. The van der Waals surface area contributed by atoms with Gasteiger partial charge in [0.2, 0.25) is 5.71 Å². The lowest BCUT2D eigenvalue weighted by Crippen LogP contribution is -2.00. The summed E-state index contributed by atoms with van der Waals surface area (Å²) in [5.41, 5.74) is 2.78. The van der Waals surface area contributed by atoms with Crippen molar-refractivity contribution in [1.82, 2.24) is 4.98 Å². The topological polar surface area (TPSA) is 26.0 Å². The molecule has 66 valence electrons. The first-order chi connectivity index (χ1) is 6.84. The Labute approximate surface area is 82.0 Å². The molecule has 0 aliphatic rings. The highest BCUT2D eigenvalue weighted by molar-refractivity contribution is 6.33. The van der Waals surface area contributed by atoms with Gasteiger partial charge >= 0.3 is 0 Å². The molecular formula is C11H8BNO. The molecule has 14 heavy (non-hydrogen) atoms. The Morgan fingerprint density at radius 3 is 2.93 bits per heavy atom. The summed E-state index contributed by atoms with van der Waals surface area (Å²) in [5.74, 6) is 0. The van der Waals surface area contributed by atoms with Crippen LogP contribution in [-0.2, 0) is 0 Å². The van der Waals surface area contributed by atoms with Crippen LogP contribution in [0.3, 0.4) is 0 Å². The quantitative estimate of drug-likeness (QED) is 0.487. The summed E-state index contributed by atoms with van der Waals surface area (Å²) in [5, 5.41) is 2.24. The number of aromatic nitrogens is 1. The van der Waals surface area contributed by atoms with E-state index in [0.717, 1.165) is 27.5 Å². The van der Waals surface area contributed by atoms with Gasteiger partial charge in [0, 0.05) is 17.0 Å². The van der Waals surface area contributed by atoms with Gasteiger partial charge in [0.25, 0.3) is 0 Å². The van der Waals surface area contributed by atoms with E-state index in [2.05, 4.69) is 17.1 Å². The summed E-state index contributed by atoms with van der Waals surface area (Å²) in [7, 11) is 2.04. The molecule has 0 spiro atoms. The zero-order valence-corrected chi connectivity index (χ0v) is 7.82. The van der Waals surface area contributed by atoms with Crippen molar-refractivity contribution in [3.8, 4) is 0 Å². The van der Waals surface area contributed by atoms with Gasteiger partial charge in [-0.2, -0.15) is 0 Å². The summed E-state index contributed by atoms with van der Waals surface area (Å²) in [6, 6.07) is 10.1. The van der Waals surface area contributed by atoms with Gasteiger partial charge in [0.15, 0.2) is 0 Å². The van der Waals surface area contributed by atoms with Crippen LogP contribution in [0.2, 0.25) is 0 Å². The van der Waals surface area contributed by atoms with E-state index in [-0.39, 0.29) is 0 Å². The highest BCUT2D eigenvalue weighted by atomic mass is 16.3. The van der Waals surface area contributed by atoms with Crippen molar-refractivity contribution in [3.05, 3.63) is 36.5 Å². The molecule has 2 aromatic heterocycles. The van der Waals surface area contributed by atoms with Gasteiger partial charge in [-0.05, 0) is 6.07 Å². The highest BCUT2D eigenvalue weighted by Gasteiger charge is 2.05. The van der Waals surface area contributed by atoms with Crippen LogP contribution >= 0.6 is 0 Å². The van der Waals surface area contributed by atoms with Gasteiger partial charge in [-0.3, -0.25) is 0 Å². The Balaban J connectivity index is 2.58. The Morgan fingerprint density at radius 2 is 2.00 bits per heavy atom. The summed E-state index contributed by atoms with van der Waals surface area (Å²) in [6.45, 7) is 0. The van der Waals surface area contributed by atoms with Crippen LogP contribution in [0.5, 0.6) is 0 Å². The van der Waals surface area contributed by atoms with Gasteiger partial charge < -0.3 is 4.42 Å². The molecule has 0 aliphatic heterocycles. The molecule has 3 aromatic rings. The number of para-hydroxylation sites is 1. The van der Waals surface area contributed by atoms with E-state index >= 15 is 0 Å². The van der Waals surface area contributed by atoms with Crippen molar-refractivity contribution in [2.75, 3.05) is 0 Å². The summed E-state index contributed by atoms with van der Waals surface area (Å²) in [6.07, 6.45) is 1.82. The third-order valence-corrected chi connectivity index (χ3v) is 2.37.